The Morgan fingerprint density at radius 2 is 1.49 bits per heavy atom. The number of benzene rings is 3. The van der Waals surface area contributed by atoms with E-state index in [1.165, 1.54) is 46.6 Å². The minimum Gasteiger partial charge on any atom is -0.493 e. The summed E-state index contributed by atoms with van der Waals surface area (Å²) >= 11 is 0. The smallest absolute Gasteiger partial charge is 0.343 e. The quantitative estimate of drug-likeness (QED) is 0.163. The maximum absolute atomic E-state index is 12.9. The number of nitrogens with one attached hydrogen (secondary N) is 2. The van der Waals surface area contributed by atoms with Gasteiger partial charge in [-0.2, -0.15) is 5.10 Å². The van der Waals surface area contributed by atoms with Gasteiger partial charge in [-0.3, -0.25) is 9.59 Å². The summed E-state index contributed by atoms with van der Waals surface area (Å²) in [6, 6.07) is 14.2. The minimum absolute atomic E-state index is 0.186. The molecule has 2 amide bonds. The van der Waals surface area contributed by atoms with Crippen molar-refractivity contribution >= 4 is 29.7 Å². The number of esters is 1. The number of hydrogen-bond acceptors (Lipinski definition) is 9. The fraction of sp³-hybridized carbons (Fsp3) is 0.214. The molecule has 0 aliphatic carbocycles. The number of anilines is 1. The second-order valence-corrected chi connectivity index (χ2v) is 7.90. The van der Waals surface area contributed by atoms with Crippen LogP contribution in [0.15, 0.2) is 59.7 Å². The van der Waals surface area contributed by atoms with Gasteiger partial charge in [-0.25, -0.2) is 10.2 Å². The zero-order valence-electron chi connectivity index (χ0n) is 22.2. The minimum atomic E-state index is -0.659. The second kappa shape index (κ2) is 13.5. The lowest BCUT2D eigenvalue weighted by Gasteiger charge is -2.15. The van der Waals surface area contributed by atoms with Crippen molar-refractivity contribution in [3.63, 3.8) is 0 Å². The van der Waals surface area contributed by atoms with Crippen LogP contribution in [0, 0.1) is 0 Å². The Balaban J connectivity index is 1.72. The summed E-state index contributed by atoms with van der Waals surface area (Å²) in [4.78, 5) is 36.4. The normalized spacial score (nSPS) is 10.5. The van der Waals surface area contributed by atoms with E-state index in [1.807, 2.05) is 0 Å². The maximum atomic E-state index is 12.9. The van der Waals surface area contributed by atoms with Crippen LogP contribution in [-0.4, -0.2) is 51.9 Å². The van der Waals surface area contributed by atoms with Gasteiger partial charge in [-0.15, -0.1) is 0 Å². The van der Waals surface area contributed by atoms with Crippen molar-refractivity contribution in [2.75, 3.05) is 33.3 Å². The number of hydrazone groups is 1. The molecule has 3 rings (SSSR count). The van der Waals surface area contributed by atoms with E-state index in [2.05, 4.69) is 15.8 Å². The number of methoxy groups -OCH3 is 3. The molecule has 3 aromatic carbocycles. The van der Waals surface area contributed by atoms with Gasteiger partial charge in [0.2, 0.25) is 11.7 Å². The Kier molecular flexibility index (Phi) is 9.85. The van der Waals surface area contributed by atoms with E-state index < -0.39 is 11.9 Å². The third-order valence-electron chi connectivity index (χ3n) is 5.22. The summed E-state index contributed by atoms with van der Waals surface area (Å²) in [5.74, 6) is 0.180. The Labute approximate surface area is 225 Å². The van der Waals surface area contributed by atoms with E-state index in [0.717, 1.165) is 0 Å². The third kappa shape index (κ3) is 7.48. The van der Waals surface area contributed by atoms with Gasteiger partial charge < -0.3 is 29.0 Å². The SMILES string of the molecule is CCOc1cc(/C=N/NC(=O)c2ccc(NC(C)=O)cc2)ccc1OC(=O)c1cc(OC)c(OC)c(OC)c1. The molecule has 3 aromatic rings. The molecule has 0 aromatic heterocycles. The third-order valence-corrected chi connectivity index (χ3v) is 5.22. The molecular formula is C28H29N3O8. The number of ether oxygens (including phenoxy) is 5. The van der Waals surface area contributed by atoms with Crippen molar-refractivity contribution in [1.82, 2.24) is 5.43 Å². The summed E-state index contributed by atoms with van der Waals surface area (Å²) in [6.45, 7) is 3.52. The van der Waals surface area contributed by atoms with Crippen LogP contribution < -0.4 is 34.4 Å². The summed E-state index contributed by atoms with van der Waals surface area (Å²) in [6.07, 6.45) is 1.43. The zero-order chi connectivity index (χ0) is 28.4. The largest absolute Gasteiger partial charge is 0.493 e. The predicted molar refractivity (Wildman–Crippen MR) is 144 cm³/mol. The molecule has 0 fully saturated rings. The number of carbonyl (C=O) groups excluding carboxylic acids is 3. The van der Waals surface area contributed by atoms with E-state index in [4.69, 9.17) is 23.7 Å². The number of rotatable bonds is 11. The Hall–Kier alpha value is -5.06. The molecule has 11 heteroatoms. The molecule has 0 saturated carbocycles. The van der Waals surface area contributed by atoms with E-state index in [-0.39, 0.29) is 17.2 Å². The first kappa shape index (κ1) is 28.5. The first-order valence-corrected chi connectivity index (χ1v) is 11.8. The highest BCUT2D eigenvalue weighted by Crippen LogP contribution is 2.39. The molecule has 0 heterocycles. The molecule has 0 saturated heterocycles. The van der Waals surface area contributed by atoms with Crippen LogP contribution in [0.1, 0.15) is 40.1 Å². The molecule has 0 atom stereocenters. The molecular weight excluding hydrogens is 506 g/mol. The number of amides is 2. The van der Waals surface area contributed by atoms with E-state index in [9.17, 15) is 14.4 Å². The maximum Gasteiger partial charge on any atom is 0.343 e. The Morgan fingerprint density at radius 3 is 2.05 bits per heavy atom. The fourth-order valence-corrected chi connectivity index (χ4v) is 3.45. The van der Waals surface area contributed by atoms with Gasteiger partial charge in [-0.1, -0.05) is 0 Å². The second-order valence-electron chi connectivity index (χ2n) is 7.90. The molecule has 0 aliphatic rings. The molecule has 0 aliphatic heterocycles. The number of hydrogen-bond donors (Lipinski definition) is 2. The van der Waals surface area contributed by atoms with E-state index in [1.54, 1.807) is 49.4 Å². The topological polar surface area (TPSA) is 134 Å². The highest BCUT2D eigenvalue weighted by atomic mass is 16.6. The first-order valence-electron chi connectivity index (χ1n) is 11.8. The molecule has 0 spiro atoms. The van der Waals surface area contributed by atoms with Gasteiger partial charge in [-0.05, 0) is 67.1 Å². The van der Waals surface area contributed by atoms with E-state index >= 15 is 0 Å². The van der Waals surface area contributed by atoms with Gasteiger partial charge in [0.1, 0.15) is 0 Å². The lowest BCUT2D eigenvalue weighted by atomic mass is 10.1. The van der Waals surface area contributed by atoms with Crippen LogP contribution in [0.5, 0.6) is 28.7 Å². The molecule has 0 bridgehead atoms. The van der Waals surface area contributed by atoms with Crippen molar-refractivity contribution in [2.24, 2.45) is 5.10 Å². The van der Waals surface area contributed by atoms with Gasteiger partial charge in [0.05, 0.1) is 39.7 Å². The molecule has 11 nitrogen and oxygen atoms in total. The van der Waals surface area contributed by atoms with Crippen LogP contribution in [0.2, 0.25) is 0 Å². The zero-order valence-corrected chi connectivity index (χ0v) is 22.2. The van der Waals surface area contributed by atoms with Crippen molar-refractivity contribution in [2.45, 2.75) is 13.8 Å². The van der Waals surface area contributed by atoms with Crippen LogP contribution >= 0.6 is 0 Å². The standard InChI is InChI=1S/C28H29N3O8/c1-6-38-23-13-18(16-29-31-27(33)19-8-10-21(11-9-19)30-17(2)32)7-12-22(23)39-28(34)20-14-24(35-3)26(37-5)25(15-20)36-4/h7-16H,6H2,1-5H3,(H,30,32)(H,31,33)/b29-16+. The average Bonchev–Trinajstić information content (AvgIpc) is 2.93. The van der Waals surface area contributed by atoms with Gasteiger partial charge in [0.25, 0.3) is 5.91 Å². The Bertz CT molecular complexity index is 1340. The molecule has 0 radical (unpaired) electrons. The van der Waals surface area contributed by atoms with Crippen molar-refractivity contribution in [1.29, 1.82) is 0 Å². The van der Waals surface area contributed by atoms with Crippen LogP contribution in [-0.2, 0) is 4.79 Å². The van der Waals surface area contributed by atoms with Gasteiger partial charge in [0.15, 0.2) is 23.0 Å². The van der Waals surface area contributed by atoms with Crippen LogP contribution in [0.3, 0.4) is 0 Å². The van der Waals surface area contributed by atoms with E-state index in [0.29, 0.717) is 46.4 Å². The first-order chi connectivity index (χ1) is 18.8. The molecule has 0 unspecified atom stereocenters. The summed E-state index contributed by atoms with van der Waals surface area (Å²) in [5, 5.41) is 6.62. The molecule has 39 heavy (non-hydrogen) atoms. The van der Waals surface area contributed by atoms with Crippen molar-refractivity contribution in [3.8, 4) is 28.7 Å². The average molecular weight is 536 g/mol. The molecule has 204 valence electrons. The highest BCUT2D eigenvalue weighted by Gasteiger charge is 2.20. The lowest BCUT2D eigenvalue weighted by molar-refractivity contribution is -0.114. The van der Waals surface area contributed by atoms with Crippen molar-refractivity contribution in [3.05, 3.63) is 71.3 Å². The number of carbonyl (C=O) groups is 3. The highest BCUT2D eigenvalue weighted by molar-refractivity contribution is 5.96. The summed E-state index contributed by atoms with van der Waals surface area (Å²) in [7, 11) is 4.37. The van der Waals surface area contributed by atoms with Gasteiger partial charge >= 0.3 is 5.97 Å². The Morgan fingerprint density at radius 1 is 0.821 bits per heavy atom. The lowest BCUT2D eigenvalue weighted by Crippen LogP contribution is -2.17. The van der Waals surface area contributed by atoms with Crippen LogP contribution in [0.25, 0.3) is 0 Å². The molecule has 2 N–H and O–H groups in total. The summed E-state index contributed by atoms with van der Waals surface area (Å²) in [5.41, 5.74) is 4.16. The summed E-state index contributed by atoms with van der Waals surface area (Å²) < 4.78 is 27.1. The fourth-order valence-electron chi connectivity index (χ4n) is 3.45. The number of nitrogens with zero attached hydrogens (tertiary/aromatic N) is 1. The van der Waals surface area contributed by atoms with Crippen LogP contribution in [0.4, 0.5) is 5.69 Å². The predicted octanol–water partition coefficient (Wildman–Crippen LogP) is 4.05. The van der Waals surface area contributed by atoms with Gasteiger partial charge in [0, 0.05) is 18.2 Å². The van der Waals surface area contributed by atoms with Crippen molar-refractivity contribution < 1.29 is 38.1 Å². The monoisotopic (exact) mass is 535 g/mol.